The Labute approximate surface area is 235 Å². The van der Waals surface area contributed by atoms with Crippen LogP contribution in [0.4, 0.5) is 24.7 Å². The number of anilines is 2. The van der Waals surface area contributed by atoms with Crippen LogP contribution < -0.4 is 20.3 Å². The molecule has 10 nitrogen and oxygen atoms in total. The molecule has 1 amide bonds. The summed E-state index contributed by atoms with van der Waals surface area (Å²) in [6.45, 7) is 3.53. The maximum atomic E-state index is 13.1. The van der Waals surface area contributed by atoms with Crippen molar-refractivity contribution >= 4 is 33.4 Å². The second-order valence-electron chi connectivity index (χ2n) is 8.90. The fourth-order valence-corrected chi connectivity index (χ4v) is 4.91. The highest BCUT2D eigenvalue weighted by Crippen LogP contribution is 2.24. The topological polar surface area (TPSA) is 141 Å². The van der Waals surface area contributed by atoms with Crippen LogP contribution in [-0.2, 0) is 21.2 Å². The van der Waals surface area contributed by atoms with Crippen LogP contribution in [0.3, 0.4) is 0 Å². The van der Waals surface area contributed by atoms with Gasteiger partial charge in [-0.2, -0.15) is 13.2 Å². The van der Waals surface area contributed by atoms with Gasteiger partial charge in [-0.1, -0.05) is 48.5 Å². The maximum absolute atomic E-state index is 13.1. The largest absolute Gasteiger partial charge is 0.490 e. The molecule has 1 aromatic heterocycles. The van der Waals surface area contributed by atoms with Crippen molar-refractivity contribution in [3.8, 4) is 0 Å². The summed E-state index contributed by atoms with van der Waals surface area (Å²) in [5, 5.41) is 13.4. The average molecular weight is 594 g/mol. The molecule has 1 aliphatic heterocycles. The number of aromatic nitrogens is 1. The standard InChI is InChI=1S/C25H29N5O3S.C2HF3O2/c31-25(27-13-7-10-20-8-3-1-4-9-20)23-18-21(19-28-24(23)30-16-14-26-15-17-30)29-34(32,33)22-11-5-2-6-12-22;3-2(4,5)1(6)7/h1-6,8-9,11-12,18-19,26,29H,7,10,13-17H2,(H,27,31);(H,6,7). The van der Waals surface area contributed by atoms with Crippen molar-refractivity contribution in [3.63, 3.8) is 0 Å². The van der Waals surface area contributed by atoms with Crippen molar-refractivity contribution in [1.82, 2.24) is 15.6 Å². The summed E-state index contributed by atoms with van der Waals surface area (Å²) in [6.07, 6.45) is -1.96. The molecule has 4 N–H and O–H groups in total. The molecule has 1 aliphatic rings. The highest BCUT2D eigenvalue weighted by molar-refractivity contribution is 7.92. The molecule has 4 rings (SSSR count). The molecule has 0 aliphatic carbocycles. The van der Waals surface area contributed by atoms with Crippen LogP contribution in [-0.4, -0.2) is 69.3 Å². The van der Waals surface area contributed by atoms with Crippen LogP contribution in [0.25, 0.3) is 0 Å². The summed E-state index contributed by atoms with van der Waals surface area (Å²) < 4.78 is 59.8. The minimum atomic E-state index is -5.08. The average Bonchev–Trinajstić information content (AvgIpc) is 2.96. The van der Waals surface area contributed by atoms with E-state index < -0.39 is 22.2 Å². The SMILES string of the molecule is O=C(NCCCc1ccccc1)c1cc(NS(=O)(=O)c2ccccc2)cnc1N1CCNCC1.O=C(O)C(F)(F)F. The number of halogens is 3. The molecule has 41 heavy (non-hydrogen) atoms. The zero-order valence-corrected chi connectivity index (χ0v) is 22.7. The van der Waals surface area contributed by atoms with Crippen LogP contribution in [0.15, 0.2) is 77.8 Å². The number of piperazine rings is 1. The van der Waals surface area contributed by atoms with E-state index in [1.807, 2.05) is 23.1 Å². The Morgan fingerprint density at radius 1 is 1.00 bits per heavy atom. The predicted molar refractivity (Wildman–Crippen MR) is 147 cm³/mol. The number of aliphatic carboxylic acids is 1. The van der Waals surface area contributed by atoms with Gasteiger partial charge in [0.1, 0.15) is 5.82 Å². The highest BCUT2D eigenvalue weighted by atomic mass is 32.2. The van der Waals surface area contributed by atoms with Crippen LogP contribution in [0.5, 0.6) is 0 Å². The van der Waals surface area contributed by atoms with E-state index in [2.05, 4.69) is 32.5 Å². The summed E-state index contributed by atoms with van der Waals surface area (Å²) in [4.78, 5) is 28.7. The zero-order chi connectivity index (χ0) is 29.9. The fourth-order valence-electron chi connectivity index (χ4n) is 3.86. The van der Waals surface area contributed by atoms with Crippen molar-refractivity contribution in [2.45, 2.75) is 23.9 Å². The molecule has 0 spiro atoms. The zero-order valence-electron chi connectivity index (χ0n) is 21.9. The molecule has 0 saturated carbocycles. The quantitative estimate of drug-likeness (QED) is 0.277. The van der Waals surface area contributed by atoms with Gasteiger partial charge in [0, 0.05) is 32.7 Å². The second-order valence-corrected chi connectivity index (χ2v) is 10.6. The number of rotatable bonds is 9. The molecule has 2 heterocycles. The number of aryl methyl sites for hydroxylation is 1. The lowest BCUT2D eigenvalue weighted by atomic mass is 10.1. The van der Waals surface area contributed by atoms with Crippen molar-refractivity contribution in [2.75, 3.05) is 42.3 Å². The van der Waals surface area contributed by atoms with E-state index >= 15 is 0 Å². The van der Waals surface area contributed by atoms with Crippen molar-refractivity contribution in [1.29, 1.82) is 0 Å². The van der Waals surface area contributed by atoms with Gasteiger partial charge in [0.25, 0.3) is 15.9 Å². The highest BCUT2D eigenvalue weighted by Gasteiger charge is 2.38. The number of benzene rings is 2. The number of carbonyl (C=O) groups is 2. The molecule has 14 heteroatoms. The fraction of sp³-hybridized carbons (Fsp3) is 0.296. The van der Waals surface area contributed by atoms with E-state index in [9.17, 15) is 26.4 Å². The number of sulfonamides is 1. The number of hydrogen-bond acceptors (Lipinski definition) is 7. The lowest BCUT2D eigenvalue weighted by molar-refractivity contribution is -0.192. The second kappa shape index (κ2) is 14.5. The number of carbonyl (C=O) groups excluding carboxylic acids is 1. The summed E-state index contributed by atoms with van der Waals surface area (Å²) in [5.74, 6) is -2.47. The third-order valence-corrected chi connectivity index (χ3v) is 7.24. The third-order valence-electron chi connectivity index (χ3n) is 5.85. The molecule has 0 unspecified atom stereocenters. The van der Waals surface area contributed by atoms with Gasteiger partial charge in [-0.15, -0.1) is 0 Å². The first-order valence-corrected chi connectivity index (χ1v) is 14.1. The Bertz CT molecular complexity index is 1400. The Hall–Kier alpha value is -4.17. The van der Waals surface area contributed by atoms with Crippen LogP contribution in [0.1, 0.15) is 22.3 Å². The summed E-state index contributed by atoms with van der Waals surface area (Å²) in [5.41, 5.74) is 1.82. The molecule has 3 aromatic rings. The summed E-state index contributed by atoms with van der Waals surface area (Å²) in [6, 6.07) is 19.8. The molecule has 220 valence electrons. The van der Waals surface area contributed by atoms with Gasteiger partial charge in [-0.05, 0) is 36.6 Å². The number of pyridine rings is 1. The number of carboxylic acids is 1. The van der Waals surface area contributed by atoms with Gasteiger partial charge in [-0.3, -0.25) is 9.52 Å². The lowest BCUT2D eigenvalue weighted by Crippen LogP contribution is -2.44. The van der Waals surface area contributed by atoms with Crippen LogP contribution >= 0.6 is 0 Å². The van der Waals surface area contributed by atoms with Crippen molar-refractivity contribution < 1.29 is 36.3 Å². The minimum Gasteiger partial charge on any atom is -0.475 e. The number of alkyl halides is 3. The first kappa shape index (κ1) is 31.4. The van der Waals surface area contributed by atoms with Crippen LogP contribution in [0.2, 0.25) is 0 Å². The first-order chi connectivity index (χ1) is 19.5. The van der Waals surface area contributed by atoms with E-state index in [1.54, 1.807) is 24.3 Å². The molecule has 1 fully saturated rings. The number of hydrogen-bond donors (Lipinski definition) is 4. The van der Waals surface area contributed by atoms with Gasteiger partial charge in [0.2, 0.25) is 0 Å². The molecule has 0 bridgehead atoms. The summed E-state index contributed by atoms with van der Waals surface area (Å²) >= 11 is 0. The first-order valence-electron chi connectivity index (χ1n) is 12.6. The van der Waals surface area contributed by atoms with Crippen molar-refractivity contribution in [2.24, 2.45) is 0 Å². The third kappa shape index (κ3) is 9.76. The summed E-state index contributed by atoms with van der Waals surface area (Å²) in [7, 11) is -3.79. The molecule has 2 aromatic carbocycles. The molecular formula is C27H30F3N5O5S. The van der Waals surface area contributed by atoms with E-state index in [4.69, 9.17) is 9.90 Å². The van der Waals surface area contributed by atoms with Crippen molar-refractivity contribution in [3.05, 3.63) is 84.1 Å². The van der Waals surface area contributed by atoms with Gasteiger partial charge >= 0.3 is 12.1 Å². The number of amides is 1. The molecular weight excluding hydrogens is 563 g/mol. The number of nitrogens with zero attached hydrogens (tertiary/aromatic N) is 2. The molecule has 0 radical (unpaired) electrons. The lowest BCUT2D eigenvalue weighted by Gasteiger charge is -2.30. The predicted octanol–water partition coefficient (Wildman–Crippen LogP) is 3.29. The minimum absolute atomic E-state index is 0.146. The van der Waals surface area contributed by atoms with Gasteiger partial charge in [-0.25, -0.2) is 18.2 Å². The monoisotopic (exact) mass is 593 g/mol. The van der Waals surface area contributed by atoms with E-state index in [-0.39, 0.29) is 16.5 Å². The normalized spacial score (nSPS) is 13.5. The van der Waals surface area contributed by atoms with E-state index in [0.29, 0.717) is 17.9 Å². The smallest absolute Gasteiger partial charge is 0.475 e. The number of nitrogens with one attached hydrogen (secondary N) is 3. The molecule has 0 atom stereocenters. The van der Waals surface area contributed by atoms with Gasteiger partial charge in [0.05, 0.1) is 22.3 Å². The van der Waals surface area contributed by atoms with Gasteiger partial charge in [0.15, 0.2) is 0 Å². The van der Waals surface area contributed by atoms with E-state index in [1.165, 1.54) is 23.9 Å². The maximum Gasteiger partial charge on any atom is 0.490 e. The Morgan fingerprint density at radius 2 is 1.59 bits per heavy atom. The Kier molecular flexibility index (Phi) is 11.1. The molecule has 1 saturated heterocycles. The Balaban J connectivity index is 0.000000587. The van der Waals surface area contributed by atoms with E-state index in [0.717, 1.165) is 39.0 Å². The number of carboxylic acid groups (broad SMARTS) is 1. The van der Waals surface area contributed by atoms with Crippen LogP contribution in [0, 0.1) is 0 Å². The van der Waals surface area contributed by atoms with Gasteiger partial charge < -0.3 is 20.6 Å². The Morgan fingerprint density at radius 3 is 2.17 bits per heavy atom.